The van der Waals surface area contributed by atoms with Crippen molar-refractivity contribution in [3.8, 4) is 5.75 Å². The standard InChI is InChI=1S/C33H41N3O4/c1-6-28-19-27(18-23(2)24(28)3)20-35-22-29(36(32(35)39)21-26-14-16-34-17-15-26)9-7-8-25-10-12-30(13-11-25)40-33(4,5)31(37)38/h10-19,22-24H,6-9,20-21H2,1-5H3,(H,37,38). The third kappa shape index (κ3) is 7.00. The van der Waals surface area contributed by atoms with Gasteiger partial charge in [-0.2, -0.15) is 0 Å². The molecule has 0 fully saturated rings. The number of imidazole rings is 1. The van der Waals surface area contributed by atoms with Gasteiger partial charge in [-0.1, -0.05) is 50.6 Å². The average molecular weight is 544 g/mol. The number of hydrogen-bond acceptors (Lipinski definition) is 4. The molecule has 1 N–H and O–H groups in total. The van der Waals surface area contributed by atoms with Crippen molar-refractivity contribution in [3.05, 3.63) is 106 Å². The van der Waals surface area contributed by atoms with E-state index in [1.165, 1.54) is 25.0 Å². The predicted octanol–water partition coefficient (Wildman–Crippen LogP) is 6.06. The van der Waals surface area contributed by atoms with Gasteiger partial charge in [-0.3, -0.25) is 14.1 Å². The van der Waals surface area contributed by atoms with Crippen LogP contribution in [0.1, 0.15) is 64.3 Å². The van der Waals surface area contributed by atoms with Crippen molar-refractivity contribution in [1.29, 1.82) is 0 Å². The molecule has 2 atom stereocenters. The second-order valence-corrected chi connectivity index (χ2v) is 11.3. The summed E-state index contributed by atoms with van der Waals surface area (Å²) in [5.74, 6) is 0.505. The zero-order valence-corrected chi connectivity index (χ0v) is 24.3. The van der Waals surface area contributed by atoms with E-state index in [4.69, 9.17) is 4.74 Å². The third-order valence-corrected chi connectivity index (χ3v) is 7.91. The van der Waals surface area contributed by atoms with Gasteiger partial charge < -0.3 is 9.84 Å². The van der Waals surface area contributed by atoms with E-state index in [0.29, 0.717) is 30.7 Å². The van der Waals surface area contributed by atoms with Crippen LogP contribution in [0.5, 0.6) is 5.75 Å². The fourth-order valence-corrected chi connectivity index (χ4v) is 5.23. The molecule has 2 unspecified atom stereocenters. The van der Waals surface area contributed by atoms with Crippen LogP contribution in [0.3, 0.4) is 0 Å². The number of benzene rings is 1. The summed E-state index contributed by atoms with van der Waals surface area (Å²) in [7, 11) is 0. The van der Waals surface area contributed by atoms with Crippen molar-refractivity contribution in [2.24, 2.45) is 11.8 Å². The number of carboxylic acid groups (broad SMARTS) is 1. The maximum absolute atomic E-state index is 13.6. The van der Waals surface area contributed by atoms with E-state index in [9.17, 15) is 14.7 Å². The highest BCUT2D eigenvalue weighted by Crippen LogP contribution is 2.31. The molecular weight excluding hydrogens is 502 g/mol. The molecule has 0 bridgehead atoms. The highest BCUT2D eigenvalue weighted by Gasteiger charge is 2.29. The molecule has 3 aromatic rings. The van der Waals surface area contributed by atoms with Gasteiger partial charge in [0.05, 0.1) is 13.1 Å². The Bertz CT molecular complexity index is 1430. The Morgan fingerprint density at radius 3 is 2.38 bits per heavy atom. The van der Waals surface area contributed by atoms with Crippen molar-refractivity contribution in [2.45, 2.75) is 79.0 Å². The van der Waals surface area contributed by atoms with Crippen LogP contribution in [-0.2, 0) is 30.7 Å². The van der Waals surface area contributed by atoms with Crippen molar-refractivity contribution in [1.82, 2.24) is 14.1 Å². The van der Waals surface area contributed by atoms with Gasteiger partial charge in [-0.25, -0.2) is 9.59 Å². The fraction of sp³-hybridized carbons (Fsp3) is 0.424. The normalized spacial score (nSPS) is 17.3. The summed E-state index contributed by atoms with van der Waals surface area (Å²) >= 11 is 0. The number of carboxylic acids is 1. The monoisotopic (exact) mass is 543 g/mol. The molecule has 2 heterocycles. The van der Waals surface area contributed by atoms with Gasteiger partial charge in [0.15, 0.2) is 5.60 Å². The van der Waals surface area contributed by atoms with Gasteiger partial charge in [0.25, 0.3) is 0 Å². The number of ether oxygens (including phenoxy) is 1. The van der Waals surface area contributed by atoms with E-state index in [-0.39, 0.29) is 5.69 Å². The van der Waals surface area contributed by atoms with Crippen LogP contribution < -0.4 is 10.4 Å². The maximum atomic E-state index is 13.6. The van der Waals surface area contributed by atoms with Crippen LogP contribution >= 0.6 is 0 Å². The van der Waals surface area contributed by atoms with Gasteiger partial charge in [-0.15, -0.1) is 0 Å². The van der Waals surface area contributed by atoms with Gasteiger partial charge in [0, 0.05) is 24.3 Å². The number of aliphatic carboxylic acids is 1. The minimum atomic E-state index is -1.29. The summed E-state index contributed by atoms with van der Waals surface area (Å²) in [6, 6.07) is 11.5. The van der Waals surface area contributed by atoms with Crippen molar-refractivity contribution < 1.29 is 14.6 Å². The molecule has 0 spiro atoms. The molecule has 7 heteroatoms. The van der Waals surface area contributed by atoms with Crippen LogP contribution in [0.25, 0.3) is 0 Å². The number of hydrogen-bond donors (Lipinski definition) is 1. The van der Waals surface area contributed by atoms with Crippen molar-refractivity contribution in [2.75, 3.05) is 0 Å². The third-order valence-electron chi connectivity index (χ3n) is 7.91. The quantitative estimate of drug-likeness (QED) is 0.300. The van der Waals surface area contributed by atoms with Gasteiger partial charge in [0.1, 0.15) is 5.75 Å². The molecule has 7 nitrogen and oxygen atoms in total. The number of carbonyl (C=O) groups is 1. The Labute approximate surface area is 236 Å². The maximum Gasteiger partial charge on any atom is 0.347 e. The van der Waals surface area contributed by atoms with E-state index in [0.717, 1.165) is 42.5 Å². The molecular formula is C33H41N3O4. The summed E-state index contributed by atoms with van der Waals surface area (Å²) in [4.78, 5) is 29.1. The lowest BCUT2D eigenvalue weighted by molar-refractivity contribution is -0.152. The first-order chi connectivity index (χ1) is 19.1. The van der Waals surface area contributed by atoms with E-state index >= 15 is 0 Å². The number of aromatic nitrogens is 3. The zero-order valence-electron chi connectivity index (χ0n) is 24.3. The number of allylic oxidation sites excluding steroid dienone is 4. The van der Waals surface area contributed by atoms with Crippen LogP contribution in [0.2, 0.25) is 0 Å². The summed E-state index contributed by atoms with van der Waals surface area (Å²) < 4.78 is 9.36. The molecule has 1 aliphatic rings. The van der Waals surface area contributed by atoms with E-state index in [2.05, 4.69) is 37.9 Å². The highest BCUT2D eigenvalue weighted by molar-refractivity contribution is 5.76. The lowest BCUT2D eigenvalue weighted by atomic mass is 9.81. The van der Waals surface area contributed by atoms with Crippen LogP contribution in [0, 0.1) is 11.8 Å². The Kier molecular flexibility index (Phi) is 9.13. The SMILES string of the molecule is CCC1=CC(Cn2cc(CCCc3ccc(OC(C)(C)C(=O)O)cc3)n(Cc3ccncc3)c2=O)=CC(C)C1C. The first-order valence-corrected chi connectivity index (χ1v) is 14.2. The molecule has 0 saturated heterocycles. The summed E-state index contributed by atoms with van der Waals surface area (Å²) in [5, 5.41) is 9.30. The molecule has 40 heavy (non-hydrogen) atoms. The average Bonchev–Trinajstić information content (AvgIpc) is 3.21. The second-order valence-electron chi connectivity index (χ2n) is 11.3. The molecule has 2 aromatic heterocycles. The predicted molar refractivity (Wildman–Crippen MR) is 158 cm³/mol. The zero-order chi connectivity index (χ0) is 28.9. The lowest BCUT2D eigenvalue weighted by Crippen LogP contribution is -2.37. The van der Waals surface area contributed by atoms with Crippen LogP contribution in [0.4, 0.5) is 0 Å². The van der Waals surface area contributed by atoms with Crippen molar-refractivity contribution >= 4 is 5.97 Å². The Morgan fingerprint density at radius 1 is 1.02 bits per heavy atom. The lowest BCUT2D eigenvalue weighted by Gasteiger charge is -2.25. The number of aryl methyl sites for hydroxylation is 2. The smallest absolute Gasteiger partial charge is 0.347 e. The molecule has 0 radical (unpaired) electrons. The molecule has 4 rings (SSSR count). The first kappa shape index (κ1) is 29.1. The summed E-state index contributed by atoms with van der Waals surface area (Å²) in [6.07, 6.45) is 13.6. The molecule has 1 aliphatic carbocycles. The minimum absolute atomic E-state index is 0.00739. The van der Waals surface area contributed by atoms with E-state index < -0.39 is 11.6 Å². The fourth-order valence-electron chi connectivity index (χ4n) is 5.23. The highest BCUT2D eigenvalue weighted by atomic mass is 16.5. The molecule has 0 saturated carbocycles. The molecule has 1 aromatic carbocycles. The number of pyridine rings is 1. The largest absolute Gasteiger partial charge is 0.478 e. The molecule has 212 valence electrons. The van der Waals surface area contributed by atoms with E-state index in [1.54, 1.807) is 12.4 Å². The van der Waals surface area contributed by atoms with Gasteiger partial charge >= 0.3 is 11.7 Å². The summed E-state index contributed by atoms with van der Waals surface area (Å²) in [6.45, 7) is 10.9. The first-order valence-electron chi connectivity index (χ1n) is 14.2. The number of nitrogens with zero attached hydrogens (tertiary/aromatic N) is 3. The molecule has 0 amide bonds. The molecule has 0 aliphatic heterocycles. The van der Waals surface area contributed by atoms with Gasteiger partial charge in [-0.05, 0) is 92.3 Å². The second kappa shape index (κ2) is 12.5. The Morgan fingerprint density at radius 2 is 1.73 bits per heavy atom. The summed E-state index contributed by atoms with van der Waals surface area (Å²) in [5.41, 5.74) is 4.56. The van der Waals surface area contributed by atoms with Crippen molar-refractivity contribution in [3.63, 3.8) is 0 Å². The van der Waals surface area contributed by atoms with Crippen LogP contribution in [-0.4, -0.2) is 30.8 Å². The Hall–Kier alpha value is -3.87. The Balaban J connectivity index is 1.50. The van der Waals surface area contributed by atoms with Gasteiger partial charge in [0.2, 0.25) is 0 Å². The number of rotatable bonds is 12. The topological polar surface area (TPSA) is 86.3 Å². The van der Waals surface area contributed by atoms with E-state index in [1.807, 2.05) is 51.7 Å². The minimum Gasteiger partial charge on any atom is -0.478 e. The van der Waals surface area contributed by atoms with Crippen LogP contribution in [0.15, 0.2) is 83.1 Å².